The minimum atomic E-state index is -3.68. The molecule has 0 aromatic carbocycles. The van der Waals surface area contributed by atoms with E-state index in [9.17, 15) is 13.2 Å². The lowest BCUT2D eigenvalue weighted by molar-refractivity contribution is -0.117. The van der Waals surface area contributed by atoms with Gasteiger partial charge in [-0.2, -0.15) is 4.80 Å². The Labute approximate surface area is 154 Å². The predicted molar refractivity (Wildman–Crippen MR) is 97.5 cm³/mol. The minimum absolute atomic E-state index is 0.00343. The second-order valence-corrected chi connectivity index (χ2v) is 11.0. The van der Waals surface area contributed by atoms with Crippen LogP contribution in [-0.4, -0.2) is 57.7 Å². The zero-order valence-corrected chi connectivity index (χ0v) is 17.1. The molecule has 1 saturated carbocycles. The molecule has 1 aromatic rings. The third kappa shape index (κ3) is 4.06. The Hall–Kier alpha value is -1.55. The molecule has 26 heavy (non-hydrogen) atoms. The number of anilines is 1. The lowest BCUT2D eigenvalue weighted by Gasteiger charge is -2.33. The first-order valence-corrected chi connectivity index (χ1v) is 10.3. The molecule has 1 fully saturated rings. The van der Waals surface area contributed by atoms with E-state index in [0.29, 0.717) is 25.7 Å². The third-order valence-electron chi connectivity index (χ3n) is 4.89. The van der Waals surface area contributed by atoms with Crippen LogP contribution in [0.4, 0.5) is 5.95 Å². The van der Waals surface area contributed by atoms with E-state index in [2.05, 4.69) is 20.7 Å². The van der Waals surface area contributed by atoms with E-state index in [0.717, 1.165) is 0 Å². The van der Waals surface area contributed by atoms with Crippen LogP contribution in [0.2, 0.25) is 0 Å². The van der Waals surface area contributed by atoms with Gasteiger partial charge in [-0.25, -0.2) is 8.42 Å². The molecular formula is C16H29N5O4S. The highest BCUT2D eigenvalue weighted by molar-refractivity contribution is 7.94. The van der Waals surface area contributed by atoms with Gasteiger partial charge in [-0.1, -0.05) is 5.10 Å². The molecule has 2 rings (SSSR count). The molecule has 0 unspecified atom stereocenters. The summed E-state index contributed by atoms with van der Waals surface area (Å²) in [6, 6.07) is 0. The minimum Gasteiger partial charge on any atom is -0.381 e. The fourth-order valence-corrected chi connectivity index (χ4v) is 4.96. The molecule has 10 heteroatoms. The fraction of sp³-hybridized carbons (Fsp3) is 0.875. The van der Waals surface area contributed by atoms with E-state index in [-0.39, 0.29) is 12.1 Å². The molecule has 1 heterocycles. The summed E-state index contributed by atoms with van der Waals surface area (Å²) in [5, 5.41) is 13.7. The number of amides is 1. The molecule has 0 atom stereocenters. The van der Waals surface area contributed by atoms with Crippen molar-refractivity contribution >= 4 is 21.7 Å². The Morgan fingerprint density at radius 3 is 2.19 bits per heavy atom. The van der Waals surface area contributed by atoms with Crippen LogP contribution in [0.5, 0.6) is 0 Å². The Bertz CT molecular complexity index is 743. The molecular weight excluding hydrogens is 358 g/mol. The zero-order valence-electron chi connectivity index (χ0n) is 16.3. The molecule has 1 amide bonds. The lowest BCUT2D eigenvalue weighted by Crippen LogP contribution is -2.50. The summed E-state index contributed by atoms with van der Waals surface area (Å²) in [6.07, 6.45) is 2.44. The summed E-state index contributed by atoms with van der Waals surface area (Å²) in [4.78, 5) is 14.0. The number of nitrogens with one attached hydrogen (secondary N) is 1. The number of aromatic nitrogens is 4. The molecule has 1 N–H and O–H groups in total. The molecule has 0 aliphatic heterocycles. The van der Waals surface area contributed by atoms with Crippen LogP contribution in [0, 0.1) is 0 Å². The quantitative estimate of drug-likeness (QED) is 0.814. The van der Waals surface area contributed by atoms with Crippen molar-refractivity contribution in [3.05, 3.63) is 0 Å². The fourth-order valence-electron chi connectivity index (χ4n) is 2.92. The smallest absolute Gasteiger partial charge is 0.270 e. The normalized spacial score (nSPS) is 22.2. The average molecular weight is 388 g/mol. The maximum Gasteiger partial charge on any atom is 0.270 e. The van der Waals surface area contributed by atoms with Crippen LogP contribution >= 0.6 is 0 Å². The number of hydrogen-bond donors (Lipinski definition) is 1. The van der Waals surface area contributed by atoms with Crippen molar-refractivity contribution in [2.24, 2.45) is 0 Å². The van der Waals surface area contributed by atoms with Crippen molar-refractivity contribution < 1.29 is 17.9 Å². The van der Waals surface area contributed by atoms with Gasteiger partial charge in [0.25, 0.3) is 5.95 Å². The molecule has 0 saturated heterocycles. The number of ether oxygens (including phenoxy) is 1. The van der Waals surface area contributed by atoms with Gasteiger partial charge in [0, 0.05) is 7.11 Å². The van der Waals surface area contributed by atoms with Crippen molar-refractivity contribution in [1.29, 1.82) is 0 Å². The van der Waals surface area contributed by atoms with E-state index < -0.39 is 31.3 Å². The van der Waals surface area contributed by atoms with Crippen molar-refractivity contribution in [2.75, 3.05) is 12.4 Å². The van der Waals surface area contributed by atoms with Crippen molar-refractivity contribution in [3.63, 3.8) is 0 Å². The number of tetrazole rings is 1. The summed E-state index contributed by atoms with van der Waals surface area (Å²) in [5.74, 6) is -0.656. The predicted octanol–water partition coefficient (Wildman–Crippen LogP) is 1.52. The Kier molecular flexibility index (Phi) is 5.77. The van der Waals surface area contributed by atoms with Crippen LogP contribution in [0.1, 0.15) is 60.3 Å². The van der Waals surface area contributed by atoms with Crippen molar-refractivity contribution in [2.45, 2.75) is 81.9 Å². The van der Waals surface area contributed by atoms with Crippen molar-refractivity contribution in [3.8, 4) is 0 Å². The molecule has 1 aliphatic rings. The molecule has 9 nitrogen and oxygen atoms in total. The monoisotopic (exact) mass is 387 g/mol. The summed E-state index contributed by atoms with van der Waals surface area (Å²) < 4.78 is 29.8. The van der Waals surface area contributed by atoms with Gasteiger partial charge in [-0.15, -0.1) is 5.10 Å². The summed E-state index contributed by atoms with van der Waals surface area (Å²) in [7, 11) is -2.05. The molecule has 0 spiro atoms. The number of nitrogens with zero attached hydrogens (tertiary/aromatic N) is 4. The Morgan fingerprint density at radius 2 is 1.73 bits per heavy atom. The van der Waals surface area contributed by atoms with Gasteiger partial charge in [-0.3, -0.25) is 10.1 Å². The molecule has 148 valence electrons. The van der Waals surface area contributed by atoms with E-state index in [1.165, 1.54) is 18.6 Å². The number of carbonyl (C=O) groups excluding carboxylic acids is 1. The van der Waals surface area contributed by atoms with Gasteiger partial charge in [0.15, 0.2) is 9.84 Å². The highest BCUT2D eigenvalue weighted by Gasteiger charge is 2.47. The maximum absolute atomic E-state index is 13.0. The standard InChI is InChI=1S/C16H29N5O4S/c1-15(2,3)21-19-14(18-20-21)17-13(22)16(4,5)26(23,24)12-9-7-11(25-6)8-10-12/h11-12H,7-10H2,1-6H3,(H,17,19,22)/t11-,12+. The zero-order chi connectivity index (χ0) is 19.8. The topological polar surface area (TPSA) is 116 Å². The highest BCUT2D eigenvalue weighted by Crippen LogP contribution is 2.32. The summed E-state index contributed by atoms with van der Waals surface area (Å²) >= 11 is 0. The van der Waals surface area contributed by atoms with Gasteiger partial charge >= 0.3 is 0 Å². The van der Waals surface area contributed by atoms with Crippen LogP contribution < -0.4 is 5.32 Å². The third-order valence-corrected chi connectivity index (χ3v) is 7.85. The molecule has 0 radical (unpaired) electrons. The van der Waals surface area contributed by atoms with Gasteiger partial charge in [-0.05, 0) is 65.5 Å². The number of sulfone groups is 1. The number of rotatable bonds is 5. The largest absolute Gasteiger partial charge is 0.381 e. The highest BCUT2D eigenvalue weighted by atomic mass is 32.2. The molecule has 1 aliphatic carbocycles. The first-order chi connectivity index (χ1) is 11.9. The second kappa shape index (κ2) is 7.22. The van der Waals surface area contributed by atoms with E-state index in [1.807, 2.05) is 20.8 Å². The van der Waals surface area contributed by atoms with Crippen LogP contribution in [-0.2, 0) is 24.9 Å². The molecule has 0 bridgehead atoms. The van der Waals surface area contributed by atoms with Gasteiger partial charge in [0.05, 0.1) is 16.9 Å². The summed E-state index contributed by atoms with van der Waals surface area (Å²) in [6.45, 7) is 8.53. The van der Waals surface area contributed by atoms with Gasteiger partial charge < -0.3 is 4.74 Å². The Balaban J connectivity index is 2.12. The second-order valence-electron chi connectivity index (χ2n) is 8.22. The SMILES string of the molecule is CO[C@H]1CC[C@@H](S(=O)(=O)C(C)(C)C(=O)Nc2nnn(C(C)(C)C)n2)CC1. The van der Waals surface area contributed by atoms with Crippen LogP contribution in [0.15, 0.2) is 0 Å². The number of methoxy groups -OCH3 is 1. The average Bonchev–Trinajstić information content (AvgIpc) is 3.03. The lowest BCUT2D eigenvalue weighted by atomic mass is 9.97. The first kappa shape index (κ1) is 20.8. The van der Waals surface area contributed by atoms with Crippen molar-refractivity contribution in [1.82, 2.24) is 20.2 Å². The number of hydrogen-bond acceptors (Lipinski definition) is 7. The Morgan fingerprint density at radius 1 is 1.15 bits per heavy atom. The van der Waals surface area contributed by atoms with Crippen LogP contribution in [0.3, 0.4) is 0 Å². The van der Waals surface area contributed by atoms with Gasteiger partial charge in [0.1, 0.15) is 4.75 Å². The number of carbonyl (C=O) groups is 1. The first-order valence-electron chi connectivity index (χ1n) is 8.78. The van der Waals surface area contributed by atoms with Gasteiger partial charge in [0.2, 0.25) is 5.91 Å². The maximum atomic E-state index is 13.0. The van der Waals surface area contributed by atoms with E-state index in [4.69, 9.17) is 4.74 Å². The van der Waals surface area contributed by atoms with E-state index in [1.54, 1.807) is 7.11 Å². The summed E-state index contributed by atoms with van der Waals surface area (Å²) in [5.41, 5.74) is -0.391. The van der Waals surface area contributed by atoms with Crippen LogP contribution in [0.25, 0.3) is 0 Å². The molecule has 1 aromatic heterocycles. The van der Waals surface area contributed by atoms with E-state index >= 15 is 0 Å².